The molecule has 0 unspecified atom stereocenters. The van der Waals surface area contributed by atoms with E-state index in [1.54, 1.807) is 38.6 Å². The normalized spacial score (nSPS) is 14.9. The van der Waals surface area contributed by atoms with E-state index in [0.717, 1.165) is 16.7 Å². The van der Waals surface area contributed by atoms with Crippen molar-refractivity contribution in [2.45, 2.75) is 0 Å². The summed E-state index contributed by atoms with van der Waals surface area (Å²) in [5.41, 5.74) is 2.75. The molecule has 0 fully saturated rings. The van der Waals surface area contributed by atoms with Gasteiger partial charge in [-0.25, -0.2) is 4.99 Å². The predicted molar refractivity (Wildman–Crippen MR) is 121 cm³/mol. The molecule has 6 nitrogen and oxygen atoms in total. The summed E-state index contributed by atoms with van der Waals surface area (Å²) in [6, 6.07) is 24.6. The topological polar surface area (TPSA) is 63.5 Å². The van der Waals surface area contributed by atoms with Gasteiger partial charge in [0.25, 0.3) is 5.91 Å². The summed E-state index contributed by atoms with van der Waals surface area (Å²) >= 11 is 0. The molecule has 1 amide bonds. The summed E-state index contributed by atoms with van der Waals surface area (Å²) in [6.45, 7) is 0. The predicted octanol–water partition coefficient (Wildman–Crippen LogP) is 4.37. The number of carbonyl (C=O) groups excluding carboxylic acids is 1. The molecule has 0 N–H and O–H groups in total. The largest absolute Gasteiger partial charge is 0.493 e. The Balaban J connectivity index is 1.72. The van der Waals surface area contributed by atoms with Gasteiger partial charge in [0.15, 0.2) is 17.3 Å². The number of amidine groups is 1. The van der Waals surface area contributed by atoms with E-state index < -0.39 is 0 Å². The van der Waals surface area contributed by atoms with Crippen molar-refractivity contribution in [1.29, 1.82) is 0 Å². The van der Waals surface area contributed by atoms with Crippen molar-refractivity contribution in [2.24, 2.45) is 10.1 Å². The monoisotopic (exact) mass is 411 g/mol. The lowest BCUT2D eigenvalue weighted by Crippen LogP contribution is -2.27. The molecule has 3 aromatic carbocycles. The van der Waals surface area contributed by atoms with E-state index in [-0.39, 0.29) is 11.6 Å². The minimum atomic E-state index is -0.305. The quantitative estimate of drug-likeness (QED) is 0.447. The second kappa shape index (κ2) is 9.09. The lowest BCUT2D eigenvalue weighted by Gasteiger charge is -2.12. The molecule has 154 valence electrons. The first-order chi connectivity index (χ1) is 15.2. The fraction of sp³-hybridized carbons (Fsp3) is 0.0800. The van der Waals surface area contributed by atoms with Crippen LogP contribution in [0.1, 0.15) is 16.7 Å². The van der Waals surface area contributed by atoms with Gasteiger partial charge in [-0.3, -0.25) is 4.79 Å². The van der Waals surface area contributed by atoms with Gasteiger partial charge in [-0.2, -0.15) is 10.1 Å². The maximum atomic E-state index is 13.2. The summed E-state index contributed by atoms with van der Waals surface area (Å²) in [5.74, 6) is 1.36. The minimum absolute atomic E-state index is 0.288. The molecule has 0 saturated carbocycles. The van der Waals surface area contributed by atoms with Crippen LogP contribution in [0.3, 0.4) is 0 Å². The van der Waals surface area contributed by atoms with Crippen LogP contribution in [-0.4, -0.2) is 37.2 Å². The lowest BCUT2D eigenvalue weighted by atomic mass is 10.1. The fourth-order valence-corrected chi connectivity index (χ4v) is 3.15. The first-order valence-electron chi connectivity index (χ1n) is 9.71. The van der Waals surface area contributed by atoms with Crippen LogP contribution in [0.4, 0.5) is 0 Å². The molecule has 0 spiro atoms. The Hall–Kier alpha value is -4.19. The Labute approximate surface area is 180 Å². The van der Waals surface area contributed by atoms with Crippen LogP contribution in [0.25, 0.3) is 6.08 Å². The molecule has 6 heteroatoms. The van der Waals surface area contributed by atoms with Gasteiger partial charge in [0.05, 0.1) is 20.4 Å². The molecule has 1 heterocycles. The number of amides is 1. The number of aliphatic imine (C=N–C) groups is 1. The zero-order valence-corrected chi connectivity index (χ0v) is 17.2. The molecule has 3 aromatic rings. The highest BCUT2D eigenvalue weighted by atomic mass is 16.5. The summed E-state index contributed by atoms with van der Waals surface area (Å²) in [4.78, 5) is 17.8. The van der Waals surface area contributed by atoms with Crippen molar-refractivity contribution >= 4 is 24.0 Å². The number of ether oxygens (including phenoxy) is 2. The average molecular weight is 411 g/mol. The van der Waals surface area contributed by atoms with Gasteiger partial charge < -0.3 is 9.47 Å². The van der Waals surface area contributed by atoms with Gasteiger partial charge >= 0.3 is 0 Å². The third-order valence-electron chi connectivity index (χ3n) is 4.70. The van der Waals surface area contributed by atoms with Gasteiger partial charge in [0.2, 0.25) is 0 Å². The van der Waals surface area contributed by atoms with E-state index >= 15 is 0 Å². The number of methoxy groups -OCH3 is 2. The molecule has 0 radical (unpaired) electrons. The SMILES string of the molecule is COc1ccc(/C=C2/N=C(c3ccccc3)N(/N=C/c3ccccc3)C2=O)cc1OC. The molecule has 0 aliphatic carbocycles. The molecule has 0 atom stereocenters. The number of hydrogen-bond acceptors (Lipinski definition) is 5. The van der Waals surface area contributed by atoms with E-state index in [2.05, 4.69) is 10.1 Å². The van der Waals surface area contributed by atoms with E-state index in [1.807, 2.05) is 66.7 Å². The highest BCUT2D eigenvalue weighted by molar-refractivity contribution is 6.19. The molecule has 1 aliphatic rings. The molecule has 31 heavy (non-hydrogen) atoms. The summed E-state index contributed by atoms with van der Waals surface area (Å²) < 4.78 is 10.6. The van der Waals surface area contributed by atoms with Crippen molar-refractivity contribution in [3.63, 3.8) is 0 Å². The Morgan fingerprint density at radius 2 is 1.52 bits per heavy atom. The van der Waals surface area contributed by atoms with E-state index in [9.17, 15) is 4.79 Å². The zero-order valence-electron chi connectivity index (χ0n) is 17.2. The summed E-state index contributed by atoms with van der Waals surface area (Å²) in [6.07, 6.45) is 3.36. The third-order valence-corrected chi connectivity index (χ3v) is 4.70. The molecular formula is C25H21N3O3. The molecular weight excluding hydrogens is 390 g/mol. The highest BCUT2D eigenvalue weighted by Gasteiger charge is 2.31. The van der Waals surface area contributed by atoms with Crippen LogP contribution in [0.2, 0.25) is 0 Å². The van der Waals surface area contributed by atoms with Crippen LogP contribution in [0.15, 0.2) is 94.7 Å². The lowest BCUT2D eigenvalue weighted by molar-refractivity contribution is -0.122. The van der Waals surface area contributed by atoms with Crippen molar-refractivity contribution < 1.29 is 14.3 Å². The average Bonchev–Trinajstić information content (AvgIpc) is 3.13. The maximum absolute atomic E-state index is 13.2. The highest BCUT2D eigenvalue weighted by Crippen LogP contribution is 2.29. The number of hydrazone groups is 1. The summed E-state index contributed by atoms with van der Waals surface area (Å²) in [7, 11) is 3.15. The third kappa shape index (κ3) is 4.38. The van der Waals surface area contributed by atoms with Crippen LogP contribution in [-0.2, 0) is 4.79 Å². The smallest absolute Gasteiger partial charge is 0.298 e. The van der Waals surface area contributed by atoms with Crippen molar-refractivity contribution in [2.75, 3.05) is 14.2 Å². The molecule has 0 aromatic heterocycles. The Kier molecular flexibility index (Phi) is 5.89. The Bertz CT molecular complexity index is 1170. The first kappa shape index (κ1) is 20.1. The van der Waals surface area contributed by atoms with E-state index in [1.165, 1.54) is 5.01 Å². The Morgan fingerprint density at radius 1 is 0.839 bits per heavy atom. The number of hydrogen-bond donors (Lipinski definition) is 0. The van der Waals surface area contributed by atoms with Gasteiger partial charge in [0.1, 0.15) is 5.70 Å². The molecule has 4 rings (SSSR count). The number of benzene rings is 3. The van der Waals surface area contributed by atoms with E-state index in [0.29, 0.717) is 17.3 Å². The molecule has 0 bridgehead atoms. The number of nitrogens with zero attached hydrogens (tertiary/aromatic N) is 3. The van der Waals surface area contributed by atoms with E-state index in [4.69, 9.17) is 9.47 Å². The van der Waals surface area contributed by atoms with Crippen LogP contribution >= 0.6 is 0 Å². The van der Waals surface area contributed by atoms with Crippen molar-refractivity contribution in [3.8, 4) is 11.5 Å². The summed E-state index contributed by atoms with van der Waals surface area (Å²) in [5, 5.41) is 5.76. The van der Waals surface area contributed by atoms with Gasteiger partial charge in [-0.05, 0) is 29.3 Å². The molecule has 0 saturated heterocycles. The van der Waals surface area contributed by atoms with Gasteiger partial charge in [0, 0.05) is 5.56 Å². The standard InChI is InChI=1S/C25H21N3O3/c1-30-22-14-13-19(16-23(22)31-2)15-21-25(29)28(26-17-18-9-5-3-6-10-18)24(27-21)20-11-7-4-8-12-20/h3-17H,1-2H3/b21-15+,26-17+. The van der Waals surface area contributed by atoms with Gasteiger partial charge in [-0.15, -0.1) is 0 Å². The number of carbonyl (C=O) groups is 1. The van der Waals surface area contributed by atoms with Crippen LogP contribution < -0.4 is 9.47 Å². The fourth-order valence-electron chi connectivity index (χ4n) is 3.15. The second-order valence-corrected chi connectivity index (χ2v) is 6.72. The van der Waals surface area contributed by atoms with Crippen molar-refractivity contribution in [3.05, 3.63) is 101 Å². The van der Waals surface area contributed by atoms with Crippen molar-refractivity contribution in [1.82, 2.24) is 5.01 Å². The second-order valence-electron chi connectivity index (χ2n) is 6.72. The maximum Gasteiger partial charge on any atom is 0.298 e. The van der Waals surface area contributed by atoms with Crippen LogP contribution in [0, 0.1) is 0 Å². The van der Waals surface area contributed by atoms with Gasteiger partial charge in [-0.1, -0.05) is 66.7 Å². The first-order valence-corrected chi connectivity index (χ1v) is 9.71. The minimum Gasteiger partial charge on any atom is -0.493 e. The Morgan fingerprint density at radius 3 is 2.19 bits per heavy atom. The van der Waals surface area contributed by atoms with Crippen LogP contribution in [0.5, 0.6) is 11.5 Å². The zero-order chi connectivity index (χ0) is 21.6. The number of rotatable bonds is 6. The molecule has 1 aliphatic heterocycles.